The van der Waals surface area contributed by atoms with Gasteiger partial charge in [-0.25, -0.2) is 29.9 Å². The fourth-order valence-electron chi connectivity index (χ4n) is 15.1. The predicted octanol–water partition coefficient (Wildman–Crippen LogP) is 25.5. The topological polar surface area (TPSA) is 108 Å². The fourth-order valence-corrected chi connectivity index (χ4v) is 18.2. The van der Waals surface area contributed by atoms with Crippen LogP contribution in [0.4, 0.5) is 0 Å². The van der Waals surface area contributed by atoms with Crippen molar-refractivity contribution in [3.05, 3.63) is 357 Å². The number of para-hydroxylation sites is 4. The van der Waals surface area contributed by atoms with E-state index in [1.807, 2.05) is 114 Å². The van der Waals surface area contributed by atoms with Gasteiger partial charge in [-0.3, -0.25) is 0 Å². The van der Waals surface area contributed by atoms with Gasteiger partial charge in [0.05, 0.1) is 38.0 Å². The molecule has 0 aliphatic carbocycles. The lowest BCUT2D eigenvalue weighted by Gasteiger charge is -2.11. The number of thiophene rings is 2. The molecule has 8 aromatic heterocycles. The van der Waals surface area contributed by atoms with Crippen molar-refractivity contribution < 1.29 is 0 Å². The van der Waals surface area contributed by atoms with Gasteiger partial charge in [0.2, 0.25) is 0 Å². The number of halogens is 1. The molecule has 1 N–H and O–H groups in total. The van der Waals surface area contributed by atoms with Crippen molar-refractivity contribution in [1.29, 1.82) is 0 Å². The van der Waals surface area contributed by atoms with E-state index in [9.17, 15) is 0 Å². The summed E-state index contributed by atoms with van der Waals surface area (Å²) in [7, 11) is 0. The molecule has 22 aromatic rings. The zero-order valence-corrected chi connectivity index (χ0v) is 60.4. The number of benzene rings is 14. The van der Waals surface area contributed by atoms with Crippen LogP contribution < -0.4 is 0 Å². The number of hydrogen-bond acceptors (Lipinski definition) is 8. The van der Waals surface area contributed by atoms with E-state index in [1.54, 1.807) is 11.3 Å². The minimum Gasteiger partial charge on any atom is -0.354 e. The highest BCUT2D eigenvalue weighted by Gasteiger charge is 2.24. The Morgan fingerprint density at radius 3 is 1.19 bits per heavy atom. The van der Waals surface area contributed by atoms with Crippen LogP contribution in [-0.4, -0.2) is 48.6 Å². The van der Waals surface area contributed by atoms with E-state index in [2.05, 4.69) is 284 Å². The predicted molar refractivity (Wildman–Crippen MR) is 450 cm³/mol. The average Bonchev–Trinajstić information content (AvgIpc) is 1.56. The molecular formula is C94H59BrN10S2. The van der Waals surface area contributed by atoms with Crippen LogP contribution in [0.1, 0.15) is 0 Å². The maximum absolute atomic E-state index is 5.11. The fraction of sp³-hybridized carbons (Fsp3) is 0. The summed E-state index contributed by atoms with van der Waals surface area (Å²) in [4.78, 5) is 33.4. The summed E-state index contributed by atoms with van der Waals surface area (Å²) < 4.78 is 12.9. The van der Waals surface area contributed by atoms with Gasteiger partial charge in [0, 0.05) is 135 Å². The molecule has 0 aliphatic rings. The van der Waals surface area contributed by atoms with Crippen LogP contribution in [0.15, 0.2) is 357 Å². The summed E-state index contributed by atoms with van der Waals surface area (Å²) in [6, 6.07) is 118. The Hall–Kier alpha value is -13.3. The number of H-pyrrole nitrogens is 1. The highest BCUT2D eigenvalue weighted by atomic mass is 79.9. The van der Waals surface area contributed by atoms with Gasteiger partial charge in [0.15, 0.2) is 34.9 Å². The zero-order valence-electron chi connectivity index (χ0n) is 57.2. The first-order chi connectivity index (χ1) is 53.0. The smallest absolute Gasteiger partial charge is 0.165 e. The largest absolute Gasteiger partial charge is 0.354 e. The Labute approximate surface area is 630 Å². The first-order valence-electron chi connectivity index (χ1n) is 35.4. The molecule has 0 saturated carbocycles. The molecular weight excluding hydrogens is 1410 g/mol. The lowest BCUT2D eigenvalue weighted by molar-refractivity contribution is 1.08. The Morgan fingerprint density at radius 2 is 0.654 bits per heavy atom. The minimum atomic E-state index is 0.657. The molecule has 0 atom stereocenters. The molecule has 0 unspecified atom stereocenters. The van der Waals surface area contributed by atoms with Crippen molar-refractivity contribution in [2.45, 2.75) is 0 Å². The van der Waals surface area contributed by atoms with Gasteiger partial charge in [-0.15, -0.1) is 22.7 Å². The third-order valence-electron chi connectivity index (χ3n) is 20.0. The van der Waals surface area contributed by atoms with Gasteiger partial charge in [-0.1, -0.05) is 255 Å². The van der Waals surface area contributed by atoms with Crippen molar-refractivity contribution in [2.75, 3.05) is 0 Å². The average molecular weight is 1470 g/mol. The number of aromatic nitrogens is 10. The van der Waals surface area contributed by atoms with Gasteiger partial charge >= 0.3 is 0 Å². The number of nitrogens with one attached hydrogen (secondary N) is 1. The van der Waals surface area contributed by atoms with Gasteiger partial charge in [-0.05, 0) is 101 Å². The van der Waals surface area contributed by atoms with Gasteiger partial charge in [-0.2, -0.15) is 0 Å². The second-order valence-electron chi connectivity index (χ2n) is 26.3. The maximum Gasteiger partial charge on any atom is 0.165 e. The van der Waals surface area contributed by atoms with Gasteiger partial charge < -0.3 is 18.7 Å². The van der Waals surface area contributed by atoms with Crippen molar-refractivity contribution in [2.24, 2.45) is 0 Å². The number of nitrogens with zero attached hydrogens (tertiary/aromatic N) is 9. The summed E-state index contributed by atoms with van der Waals surface area (Å²) in [6.45, 7) is 0. The molecule has 504 valence electrons. The first kappa shape index (κ1) is 63.4. The highest BCUT2D eigenvalue weighted by Crippen LogP contribution is 2.47. The van der Waals surface area contributed by atoms with Crippen LogP contribution in [0.3, 0.4) is 0 Å². The van der Waals surface area contributed by atoms with Crippen molar-refractivity contribution in [1.82, 2.24) is 48.6 Å². The molecule has 107 heavy (non-hydrogen) atoms. The van der Waals surface area contributed by atoms with Crippen molar-refractivity contribution >= 4 is 144 Å². The molecule has 13 heteroatoms. The monoisotopic (exact) mass is 1470 g/mol. The number of hydrogen-bond donors (Lipinski definition) is 1. The van der Waals surface area contributed by atoms with E-state index in [1.165, 1.54) is 107 Å². The van der Waals surface area contributed by atoms with E-state index in [0.717, 1.165) is 53.9 Å². The summed E-state index contributed by atoms with van der Waals surface area (Å²) in [5.74, 6) is 4.01. The van der Waals surface area contributed by atoms with Gasteiger partial charge in [0.25, 0.3) is 0 Å². The SMILES string of the molecule is Brc1cccc2c1sc1c(-c3nc(-c4ccccc4)nc(-c4ccccc4)n3)cccc12.c1ccc(-c2nc(-c3ccccc3)nc(-c3cccc4c3sc3c(-n5c6ccccc6c6ccc7c(ccn7-c7ccccc7)c65)cccc34)n2)cc1.c1ccc(-n2ccc3c4[nH]c5ccccc5c4ccc32)cc1. The second-order valence-corrected chi connectivity index (χ2v) is 29.2. The van der Waals surface area contributed by atoms with E-state index in [4.69, 9.17) is 29.9 Å². The normalized spacial score (nSPS) is 11.6. The molecule has 0 fully saturated rings. The number of rotatable bonds is 9. The van der Waals surface area contributed by atoms with Crippen molar-refractivity contribution in [3.63, 3.8) is 0 Å². The quantitative estimate of drug-likeness (QED) is 0.154. The molecule has 10 nitrogen and oxygen atoms in total. The van der Waals surface area contributed by atoms with E-state index >= 15 is 0 Å². The lowest BCUT2D eigenvalue weighted by Crippen LogP contribution is -2.00. The van der Waals surface area contributed by atoms with E-state index in [-0.39, 0.29) is 0 Å². The Balaban J connectivity index is 0.000000118. The zero-order chi connectivity index (χ0) is 70.9. The molecule has 22 rings (SSSR count). The summed E-state index contributed by atoms with van der Waals surface area (Å²) in [6.07, 6.45) is 4.33. The van der Waals surface area contributed by atoms with Crippen molar-refractivity contribution in [3.8, 4) is 85.4 Å². The van der Waals surface area contributed by atoms with Crippen LogP contribution in [0, 0.1) is 0 Å². The Kier molecular flexibility index (Phi) is 15.8. The lowest BCUT2D eigenvalue weighted by atomic mass is 10.1. The number of fused-ring (bicyclic) bond motifs is 16. The molecule has 8 heterocycles. The molecule has 0 saturated heterocycles. The standard InChI is InChI=1S/C47H29N5S.C27H16BrN3S.C20H14N2/c1-4-14-30(15-5-1)45-48-46(31-16-6-2-7-17-31)50-47(49-45)38-23-12-21-35-36-22-13-25-41(44(36)53-43(35)38)52-40-24-11-10-20-33(40)34-26-27-39-37(42(34)52)28-29-51(39)32-18-8-3-9-19-32;28-22-16-8-14-20-19-13-7-15-21(23(19)32-24(20)22)27-30-25(17-9-3-1-4-10-17)29-26(31-27)18-11-5-2-6-12-18;1-2-6-14(7-3-1)22-13-12-17-19(22)11-10-16-15-8-4-5-9-18(15)21-20(16)17/h1-29H;1-16H;1-13,21H. The van der Waals surface area contributed by atoms with Crippen LogP contribution in [0.2, 0.25) is 0 Å². The molecule has 14 aromatic carbocycles. The van der Waals surface area contributed by atoms with Crippen LogP contribution in [0.25, 0.3) is 191 Å². The summed E-state index contributed by atoms with van der Waals surface area (Å²) in [5.41, 5.74) is 16.6. The minimum absolute atomic E-state index is 0.657. The molecule has 0 amide bonds. The maximum atomic E-state index is 5.11. The molecule has 0 aliphatic heterocycles. The van der Waals surface area contributed by atoms with Crippen LogP contribution >= 0.6 is 38.6 Å². The van der Waals surface area contributed by atoms with Crippen LogP contribution in [0.5, 0.6) is 0 Å². The van der Waals surface area contributed by atoms with E-state index < -0.39 is 0 Å². The molecule has 0 spiro atoms. The number of aromatic amines is 1. The second kappa shape index (κ2) is 26.8. The third kappa shape index (κ3) is 11.2. The highest BCUT2D eigenvalue weighted by molar-refractivity contribution is 9.10. The molecule has 0 radical (unpaired) electrons. The Bertz CT molecular complexity index is 7020. The van der Waals surface area contributed by atoms with E-state index in [0.29, 0.717) is 34.9 Å². The molecule has 0 bridgehead atoms. The van der Waals surface area contributed by atoms with Gasteiger partial charge in [0.1, 0.15) is 0 Å². The first-order valence-corrected chi connectivity index (χ1v) is 37.9. The third-order valence-corrected chi connectivity index (χ3v) is 23.5. The van der Waals surface area contributed by atoms with Crippen LogP contribution in [-0.2, 0) is 0 Å². The Morgan fingerprint density at radius 1 is 0.262 bits per heavy atom. The summed E-state index contributed by atoms with van der Waals surface area (Å²) in [5, 5.41) is 12.4. The summed E-state index contributed by atoms with van der Waals surface area (Å²) >= 11 is 7.28.